The number of benzene rings is 4. The zero-order chi connectivity index (χ0) is 56.7. The Hall–Kier alpha value is -6.02. The Morgan fingerprint density at radius 1 is 0.308 bits per heavy atom. The van der Waals surface area contributed by atoms with Crippen LogP contribution in [0.25, 0.3) is 48.6 Å². The summed E-state index contributed by atoms with van der Waals surface area (Å²) in [5.41, 5.74) is 7.11. The molecule has 4 atom stereocenters. The molecule has 0 amide bonds. The van der Waals surface area contributed by atoms with Crippen LogP contribution >= 0.6 is 0 Å². The van der Waals surface area contributed by atoms with Gasteiger partial charge in [-0.25, -0.2) is 0 Å². The average Bonchev–Trinajstić information content (AvgIpc) is 3.49. The van der Waals surface area contributed by atoms with E-state index in [1.54, 1.807) is 28.4 Å². The molecule has 0 radical (unpaired) electrons. The Kier molecular flexibility index (Phi) is 29.9. The first kappa shape index (κ1) is 64.5. The van der Waals surface area contributed by atoms with Crippen LogP contribution < -0.4 is 37.9 Å². The van der Waals surface area contributed by atoms with Crippen molar-refractivity contribution in [2.45, 2.75) is 158 Å². The highest BCUT2D eigenvalue weighted by Gasteiger charge is 2.18. The average molecular weight is 1070 g/mol. The molecule has 0 bridgehead atoms. The number of unbranched alkanes of at least 4 members (excludes halogenated alkanes) is 4. The molecular weight excluding hydrogens is 969 g/mol. The molecule has 0 aliphatic carbocycles. The van der Waals surface area contributed by atoms with E-state index in [0.717, 1.165) is 150 Å². The third-order valence-electron chi connectivity index (χ3n) is 15.3. The lowest BCUT2D eigenvalue weighted by Gasteiger charge is -2.19. The predicted molar refractivity (Wildman–Crippen MR) is 334 cm³/mol. The van der Waals surface area contributed by atoms with Crippen LogP contribution in [-0.2, 0) is 0 Å². The summed E-state index contributed by atoms with van der Waals surface area (Å²) >= 11 is 0. The van der Waals surface area contributed by atoms with Gasteiger partial charge in [-0.15, -0.1) is 0 Å². The number of methoxy groups -OCH3 is 4. The molecule has 0 aliphatic rings. The molecule has 8 heteroatoms. The molecular formula is C70H100O8. The Bertz CT molecular complexity index is 2500. The molecule has 0 heterocycles. The van der Waals surface area contributed by atoms with Crippen molar-refractivity contribution in [1.82, 2.24) is 0 Å². The molecule has 4 aromatic rings. The Morgan fingerprint density at radius 2 is 0.500 bits per heavy atom. The van der Waals surface area contributed by atoms with E-state index in [-0.39, 0.29) is 0 Å². The summed E-state index contributed by atoms with van der Waals surface area (Å²) in [6.07, 6.45) is 34.2. The van der Waals surface area contributed by atoms with Crippen LogP contribution in [0, 0.1) is 23.7 Å². The zero-order valence-electron chi connectivity index (χ0n) is 50.4. The fraction of sp³-hybridized carbons (Fsp3) is 0.514. The molecule has 428 valence electrons. The fourth-order valence-electron chi connectivity index (χ4n) is 9.63. The first-order valence-electron chi connectivity index (χ1n) is 29.7. The maximum absolute atomic E-state index is 6.85. The van der Waals surface area contributed by atoms with Crippen LogP contribution in [0.3, 0.4) is 0 Å². The van der Waals surface area contributed by atoms with Crippen LogP contribution in [0.2, 0.25) is 0 Å². The van der Waals surface area contributed by atoms with Gasteiger partial charge in [0.15, 0.2) is 0 Å². The molecule has 4 rings (SSSR count). The third kappa shape index (κ3) is 20.0. The molecule has 0 saturated heterocycles. The first-order chi connectivity index (χ1) is 38.0. The van der Waals surface area contributed by atoms with E-state index in [1.807, 2.05) is 30.4 Å². The quantitative estimate of drug-likeness (QED) is 0.0408. The van der Waals surface area contributed by atoms with E-state index in [4.69, 9.17) is 37.9 Å². The lowest BCUT2D eigenvalue weighted by atomic mass is 10.00. The minimum absolute atomic E-state index is 0.426. The van der Waals surface area contributed by atoms with Gasteiger partial charge in [0.05, 0.1) is 54.9 Å². The smallest absolute Gasteiger partial charge is 0.127 e. The minimum atomic E-state index is 0.426. The van der Waals surface area contributed by atoms with Crippen molar-refractivity contribution < 1.29 is 37.9 Å². The molecule has 4 unspecified atom stereocenters. The standard InChI is InChI=1S/C70H100O8/c1-15-25-29-51(19-5)47-75-67-44-57(64(72-12)39-56(67)24-10)33-37-61-42-66(74-14)59(46-69(61)77-49-53(21-7)31-27-17-3)35-38-62-43-65(73-13)58(45-70(62)78-50-54(22-8)32-28-18-4)34-36-60-41-63(71-11)55(23-9)40-68(60)76-48-52(20-6)30-26-16-2/h23-24,33-46,51-54H,9-10,15-22,25-32,47-50H2,1-8,11-14H3/b36-34+,37-33+,38-35+. The van der Waals surface area contributed by atoms with Gasteiger partial charge in [-0.3, -0.25) is 0 Å². The molecule has 78 heavy (non-hydrogen) atoms. The summed E-state index contributed by atoms with van der Waals surface area (Å²) in [7, 11) is 6.82. The second kappa shape index (κ2) is 36.2. The minimum Gasteiger partial charge on any atom is -0.496 e. The summed E-state index contributed by atoms with van der Waals surface area (Å²) in [6.45, 7) is 28.6. The third-order valence-corrected chi connectivity index (χ3v) is 15.3. The Morgan fingerprint density at radius 3 is 0.731 bits per heavy atom. The molecule has 8 nitrogen and oxygen atoms in total. The Labute approximate surface area is 473 Å². The van der Waals surface area contributed by atoms with Gasteiger partial charge in [-0.05, 0) is 97.9 Å². The second-order valence-electron chi connectivity index (χ2n) is 20.8. The summed E-state index contributed by atoms with van der Waals surface area (Å²) < 4.78 is 50.9. The second-order valence-corrected chi connectivity index (χ2v) is 20.8. The van der Waals surface area contributed by atoms with E-state index >= 15 is 0 Å². The summed E-state index contributed by atoms with van der Waals surface area (Å²) in [5, 5.41) is 0. The summed E-state index contributed by atoms with van der Waals surface area (Å²) in [4.78, 5) is 0. The highest BCUT2D eigenvalue weighted by atomic mass is 16.5. The van der Waals surface area contributed by atoms with Crippen molar-refractivity contribution in [3.8, 4) is 46.0 Å². The van der Waals surface area contributed by atoms with Gasteiger partial charge in [-0.1, -0.05) is 194 Å². The highest BCUT2D eigenvalue weighted by molar-refractivity contribution is 5.84. The van der Waals surface area contributed by atoms with E-state index < -0.39 is 0 Å². The topological polar surface area (TPSA) is 73.8 Å². The van der Waals surface area contributed by atoms with Crippen molar-refractivity contribution in [3.05, 3.63) is 106 Å². The zero-order valence-corrected chi connectivity index (χ0v) is 50.4. The SMILES string of the molecule is C=Cc1cc(OCC(CC)CCCC)c(/C=C/c2cc(OCC(CC)CCCC)c(/C=C/c3cc(OCC(CC)CCCC)c(/C=C/c4cc(OCC(CC)CCCC)c(C=C)cc4OC)cc3OC)cc2OC)cc1OC. The lowest BCUT2D eigenvalue weighted by Crippen LogP contribution is -2.12. The molecule has 0 aromatic heterocycles. The van der Waals surface area contributed by atoms with Gasteiger partial charge in [-0.2, -0.15) is 0 Å². The van der Waals surface area contributed by atoms with Crippen LogP contribution in [0.1, 0.15) is 203 Å². The lowest BCUT2D eigenvalue weighted by molar-refractivity contribution is 0.232. The molecule has 4 aromatic carbocycles. The highest BCUT2D eigenvalue weighted by Crippen LogP contribution is 2.39. The van der Waals surface area contributed by atoms with Gasteiger partial charge >= 0.3 is 0 Å². The molecule has 0 N–H and O–H groups in total. The number of hydrogen-bond donors (Lipinski definition) is 0. The van der Waals surface area contributed by atoms with Crippen LogP contribution in [0.5, 0.6) is 46.0 Å². The van der Waals surface area contributed by atoms with Crippen molar-refractivity contribution in [2.24, 2.45) is 23.7 Å². The molecule has 0 spiro atoms. The number of hydrogen-bond acceptors (Lipinski definition) is 8. The predicted octanol–water partition coefficient (Wildman–Crippen LogP) is 19.9. The van der Waals surface area contributed by atoms with Gasteiger partial charge in [0.1, 0.15) is 46.0 Å². The fourth-order valence-corrected chi connectivity index (χ4v) is 9.63. The van der Waals surface area contributed by atoms with E-state index in [0.29, 0.717) is 61.6 Å². The maximum Gasteiger partial charge on any atom is 0.127 e. The van der Waals surface area contributed by atoms with Gasteiger partial charge in [0.25, 0.3) is 0 Å². The van der Waals surface area contributed by atoms with Gasteiger partial charge < -0.3 is 37.9 Å². The van der Waals surface area contributed by atoms with Crippen molar-refractivity contribution in [2.75, 3.05) is 54.9 Å². The van der Waals surface area contributed by atoms with Crippen molar-refractivity contribution in [1.29, 1.82) is 0 Å². The van der Waals surface area contributed by atoms with Crippen molar-refractivity contribution >= 4 is 48.6 Å². The number of ether oxygens (including phenoxy) is 8. The summed E-state index contributed by atoms with van der Waals surface area (Å²) in [5.74, 6) is 7.82. The molecule has 0 fully saturated rings. The van der Waals surface area contributed by atoms with Crippen molar-refractivity contribution in [3.63, 3.8) is 0 Å². The molecule has 0 aliphatic heterocycles. The largest absolute Gasteiger partial charge is 0.496 e. The van der Waals surface area contributed by atoms with Gasteiger partial charge in [0.2, 0.25) is 0 Å². The monoisotopic (exact) mass is 1070 g/mol. The number of rotatable bonds is 40. The van der Waals surface area contributed by atoms with E-state index in [1.165, 1.54) is 32.1 Å². The van der Waals surface area contributed by atoms with Crippen LogP contribution in [-0.4, -0.2) is 54.9 Å². The van der Waals surface area contributed by atoms with Crippen LogP contribution in [0.15, 0.2) is 61.7 Å². The summed E-state index contributed by atoms with van der Waals surface area (Å²) in [6, 6.07) is 16.4. The van der Waals surface area contributed by atoms with E-state index in [2.05, 4.69) is 135 Å². The molecule has 0 saturated carbocycles. The Balaban J connectivity index is 1.86. The van der Waals surface area contributed by atoms with E-state index in [9.17, 15) is 0 Å². The maximum atomic E-state index is 6.85. The van der Waals surface area contributed by atoms with Crippen LogP contribution in [0.4, 0.5) is 0 Å². The van der Waals surface area contributed by atoms with Gasteiger partial charge in [0, 0.05) is 44.5 Å². The normalized spacial score (nSPS) is 13.1. The first-order valence-corrected chi connectivity index (χ1v) is 29.7.